The Morgan fingerprint density at radius 1 is 1.00 bits per heavy atom. The quantitative estimate of drug-likeness (QED) is 0.790. The van der Waals surface area contributed by atoms with Crippen molar-refractivity contribution in [2.75, 3.05) is 6.26 Å². The van der Waals surface area contributed by atoms with Crippen molar-refractivity contribution in [3.8, 4) is 11.1 Å². The molecule has 2 aromatic carbocycles. The molecule has 0 aromatic heterocycles. The number of hydrogen-bond acceptors (Lipinski definition) is 5. The molecule has 144 valence electrons. The van der Waals surface area contributed by atoms with Crippen LogP contribution < -0.4 is 5.32 Å². The van der Waals surface area contributed by atoms with Crippen LogP contribution in [0, 0.1) is 0 Å². The number of hydrogen-bond donors (Lipinski definition) is 1. The fraction of sp³-hybridized carbons (Fsp3) is 0.250. The summed E-state index contributed by atoms with van der Waals surface area (Å²) in [5.74, 6) is -0.970. The molecule has 1 fully saturated rings. The zero-order valence-corrected chi connectivity index (χ0v) is 16.0. The highest BCUT2D eigenvalue weighted by molar-refractivity contribution is 7.90. The van der Waals surface area contributed by atoms with Crippen molar-refractivity contribution in [2.24, 2.45) is 0 Å². The number of nitrogens with one attached hydrogen (secondary N) is 1. The monoisotopic (exact) mass is 398 g/mol. The van der Waals surface area contributed by atoms with E-state index in [2.05, 4.69) is 5.32 Å². The predicted octanol–water partition coefficient (Wildman–Crippen LogP) is 1.52. The minimum Gasteiger partial charge on any atom is -0.322 e. The van der Waals surface area contributed by atoms with Crippen LogP contribution in [-0.4, -0.2) is 43.3 Å². The van der Waals surface area contributed by atoms with Crippen molar-refractivity contribution < 1.29 is 22.8 Å². The Kier molecular flexibility index (Phi) is 4.30. The summed E-state index contributed by atoms with van der Waals surface area (Å²) in [4.78, 5) is 37.9. The van der Waals surface area contributed by atoms with Gasteiger partial charge in [0, 0.05) is 24.8 Å². The second-order valence-corrected chi connectivity index (χ2v) is 9.08. The molecule has 1 saturated heterocycles. The number of carbonyl (C=O) groups is 3. The van der Waals surface area contributed by atoms with Gasteiger partial charge >= 0.3 is 0 Å². The molecule has 8 heteroatoms. The Balaban J connectivity index is 1.60. The first-order valence-corrected chi connectivity index (χ1v) is 10.7. The maximum Gasteiger partial charge on any atom is 0.255 e. The Bertz CT molecular complexity index is 1110. The van der Waals surface area contributed by atoms with Crippen LogP contribution in [0.25, 0.3) is 11.1 Å². The van der Waals surface area contributed by atoms with Gasteiger partial charge in [-0.05, 0) is 47.4 Å². The van der Waals surface area contributed by atoms with E-state index in [1.54, 1.807) is 36.4 Å². The standard InChI is InChI=1S/C20H18N2O5S/c1-28(26,27)15-5-2-12(3-6-15)13-4-7-16-14(10-13)11-22(20(16)25)17-8-9-18(23)21-19(17)24/h2-7,10,17H,8-9,11H2,1H3,(H,21,23,24). The van der Waals surface area contributed by atoms with Gasteiger partial charge < -0.3 is 4.90 Å². The first-order chi connectivity index (χ1) is 13.2. The van der Waals surface area contributed by atoms with E-state index in [9.17, 15) is 22.8 Å². The number of amides is 3. The Hall–Kier alpha value is -3.00. The van der Waals surface area contributed by atoms with Crippen LogP contribution in [0.15, 0.2) is 47.4 Å². The number of piperidine rings is 1. The molecule has 0 saturated carbocycles. The van der Waals surface area contributed by atoms with Crippen molar-refractivity contribution >= 4 is 27.6 Å². The van der Waals surface area contributed by atoms with Gasteiger partial charge in [0.2, 0.25) is 11.8 Å². The van der Waals surface area contributed by atoms with Crippen molar-refractivity contribution in [1.82, 2.24) is 10.2 Å². The molecule has 0 aliphatic carbocycles. The van der Waals surface area contributed by atoms with E-state index in [1.807, 2.05) is 6.07 Å². The largest absolute Gasteiger partial charge is 0.322 e. The summed E-state index contributed by atoms with van der Waals surface area (Å²) in [7, 11) is -3.26. The van der Waals surface area contributed by atoms with Gasteiger partial charge in [0.1, 0.15) is 6.04 Å². The molecular weight excluding hydrogens is 380 g/mol. The summed E-state index contributed by atoms with van der Waals surface area (Å²) < 4.78 is 23.2. The summed E-state index contributed by atoms with van der Waals surface area (Å²) in [6.07, 6.45) is 1.70. The molecule has 7 nitrogen and oxygen atoms in total. The van der Waals surface area contributed by atoms with Crippen LogP contribution in [0.2, 0.25) is 0 Å². The number of sulfone groups is 1. The van der Waals surface area contributed by atoms with Crippen LogP contribution in [-0.2, 0) is 26.0 Å². The molecule has 1 unspecified atom stereocenters. The summed E-state index contributed by atoms with van der Waals surface area (Å²) in [5, 5.41) is 2.29. The molecule has 3 amide bonds. The fourth-order valence-electron chi connectivity index (χ4n) is 3.65. The maximum absolute atomic E-state index is 12.7. The van der Waals surface area contributed by atoms with E-state index >= 15 is 0 Å². The number of imide groups is 1. The molecule has 4 rings (SSSR count). The van der Waals surface area contributed by atoms with Crippen LogP contribution in [0.4, 0.5) is 0 Å². The molecule has 2 aliphatic rings. The van der Waals surface area contributed by atoms with E-state index < -0.39 is 21.8 Å². The summed E-state index contributed by atoms with van der Waals surface area (Å²) >= 11 is 0. The first kappa shape index (κ1) is 18.4. The number of fused-ring (bicyclic) bond motifs is 1. The molecule has 1 N–H and O–H groups in total. The van der Waals surface area contributed by atoms with Gasteiger partial charge in [-0.15, -0.1) is 0 Å². The zero-order chi connectivity index (χ0) is 20.1. The third-order valence-electron chi connectivity index (χ3n) is 5.14. The van der Waals surface area contributed by atoms with Crippen molar-refractivity contribution in [3.63, 3.8) is 0 Å². The second-order valence-electron chi connectivity index (χ2n) is 7.07. The van der Waals surface area contributed by atoms with E-state index in [1.165, 1.54) is 4.90 Å². The molecule has 0 radical (unpaired) electrons. The summed E-state index contributed by atoms with van der Waals surface area (Å²) in [6.45, 7) is 0.301. The number of benzene rings is 2. The molecule has 0 bridgehead atoms. The van der Waals surface area contributed by atoms with E-state index in [4.69, 9.17) is 0 Å². The fourth-order valence-corrected chi connectivity index (χ4v) is 4.28. The zero-order valence-electron chi connectivity index (χ0n) is 15.1. The summed E-state index contributed by atoms with van der Waals surface area (Å²) in [5.41, 5.74) is 3.04. The van der Waals surface area contributed by atoms with Crippen LogP contribution >= 0.6 is 0 Å². The van der Waals surface area contributed by atoms with Crippen molar-refractivity contribution in [2.45, 2.75) is 30.3 Å². The van der Waals surface area contributed by atoms with Gasteiger partial charge in [-0.2, -0.15) is 0 Å². The normalized spacial score (nSPS) is 19.5. The third kappa shape index (κ3) is 3.20. The molecule has 28 heavy (non-hydrogen) atoms. The Morgan fingerprint density at radius 2 is 1.68 bits per heavy atom. The molecule has 0 spiro atoms. The molecule has 2 aromatic rings. The van der Waals surface area contributed by atoms with Gasteiger partial charge in [0.15, 0.2) is 9.84 Å². The molecule has 2 heterocycles. The van der Waals surface area contributed by atoms with Crippen LogP contribution in [0.3, 0.4) is 0 Å². The van der Waals surface area contributed by atoms with E-state index in [0.717, 1.165) is 22.9 Å². The van der Waals surface area contributed by atoms with Crippen molar-refractivity contribution in [1.29, 1.82) is 0 Å². The number of carbonyl (C=O) groups excluding carboxylic acids is 3. The first-order valence-electron chi connectivity index (χ1n) is 8.82. The highest BCUT2D eigenvalue weighted by atomic mass is 32.2. The lowest BCUT2D eigenvalue weighted by Crippen LogP contribution is -2.52. The Labute approximate surface area is 162 Å². The smallest absolute Gasteiger partial charge is 0.255 e. The number of rotatable bonds is 3. The average molecular weight is 398 g/mol. The second kappa shape index (κ2) is 6.56. The van der Waals surface area contributed by atoms with Gasteiger partial charge in [-0.25, -0.2) is 8.42 Å². The highest BCUT2D eigenvalue weighted by Gasteiger charge is 2.39. The molecular formula is C20H18N2O5S. The van der Waals surface area contributed by atoms with Gasteiger partial charge in [-0.1, -0.05) is 18.2 Å². The third-order valence-corrected chi connectivity index (χ3v) is 6.27. The van der Waals surface area contributed by atoms with Gasteiger partial charge in [-0.3, -0.25) is 19.7 Å². The molecule has 1 atom stereocenters. The summed E-state index contributed by atoms with van der Waals surface area (Å²) in [6, 6.07) is 11.3. The minimum atomic E-state index is -3.26. The van der Waals surface area contributed by atoms with E-state index in [0.29, 0.717) is 18.5 Å². The topological polar surface area (TPSA) is 101 Å². The maximum atomic E-state index is 12.7. The van der Waals surface area contributed by atoms with Crippen molar-refractivity contribution in [3.05, 3.63) is 53.6 Å². The number of nitrogens with zero attached hydrogens (tertiary/aromatic N) is 1. The van der Waals surface area contributed by atoms with Crippen LogP contribution in [0.5, 0.6) is 0 Å². The van der Waals surface area contributed by atoms with Gasteiger partial charge in [0.05, 0.1) is 4.90 Å². The average Bonchev–Trinajstić information content (AvgIpc) is 2.97. The highest BCUT2D eigenvalue weighted by Crippen LogP contribution is 2.31. The Morgan fingerprint density at radius 3 is 2.32 bits per heavy atom. The predicted molar refractivity (Wildman–Crippen MR) is 101 cm³/mol. The lowest BCUT2D eigenvalue weighted by molar-refractivity contribution is -0.136. The lowest BCUT2D eigenvalue weighted by Gasteiger charge is -2.29. The molecule has 2 aliphatic heterocycles. The minimum absolute atomic E-state index is 0.217. The van der Waals surface area contributed by atoms with E-state index in [-0.39, 0.29) is 23.1 Å². The lowest BCUT2D eigenvalue weighted by atomic mass is 10.0. The van der Waals surface area contributed by atoms with Gasteiger partial charge in [0.25, 0.3) is 5.91 Å². The SMILES string of the molecule is CS(=O)(=O)c1ccc(-c2ccc3c(c2)CN(C2CCC(=O)NC2=O)C3=O)cc1. The van der Waals surface area contributed by atoms with Crippen LogP contribution in [0.1, 0.15) is 28.8 Å².